The topological polar surface area (TPSA) is 66.4 Å². The summed E-state index contributed by atoms with van der Waals surface area (Å²) in [5.74, 6) is -5.98. The Morgan fingerprint density at radius 3 is 1.78 bits per heavy atom. The molecule has 0 aliphatic heterocycles. The van der Waals surface area contributed by atoms with Crippen LogP contribution in [0.1, 0.15) is 32.1 Å². The monoisotopic (exact) mass is 347 g/mol. The molecule has 0 aromatic rings. The molecule has 0 radical (unpaired) electrons. The van der Waals surface area contributed by atoms with Gasteiger partial charge in [0.1, 0.15) is 0 Å². The summed E-state index contributed by atoms with van der Waals surface area (Å²) in [6.45, 7) is 0. The Morgan fingerprint density at radius 1 is 0.913 bits per heavy atom. The average molecular weight is 347 g/mol. The molecule has 0 spiro atoms. The summed E-state index contributed by atoms with van der Waals surface area (Å²) >= 11 is 0. The van der Waals surface area contributed by atoms with Crippen LogP contribution in [-0.4, -0.2) is 29.9 Å². The minimum Gasteiger partial charge on any atom is -0.545 e. The van der Waals surface area contributed by atoms with Gasteiger partial charge in [-0.2, -0.15) is 26.3 Å². The standard InChI is InChI=1S/C13H14F6O4/c14-12(15,16)11(13(17,18)19,8-4-2-1-3-5-8)23-10(22)7-6-9(20)21/h6-8H,1-5H2,(H,20,21)/p-1. The third kappa shape index (κ3) is 4.17. The Bertz CT molecular complexity index is 460. The zero-order valence-electron chi connectivity index (χ0n) is 11.7. The van der Waals surface area contributed by atoms with E-state index in [0.717, 1.165) is 0 Å². The molecule has 1 saturated carbocycles. The molecule has 0 N–H and O–H groups in total. The number of carbonyl (C=O) groups is 2. The third-order valence-electron chi connectivity index (χ3n) is 3.64. The summed E-state index contributed by atoms with van der Waals surface area (Å²) in [5, 5.41) is 10.1. The van der Waals surface area contributed by atoms with Gasteiger partial charge in [0.15, 0.2) is 0 Å². The molecule has 132 valence electrons. The highest BCUT2D eigenvalue weighted by atomic mass is 19.4. The largest absolute Gasteiger partial charge is 0.545 e. The average Bonchev–Trinajstić information content (AvgIpc) is 2.40. The van der Waals surface area contributed by atoms with Crippen molar-refractivity contribution in [3.05, 3.63) is 12.2 Å². The normalized spacial score (nSPS) is 18.2. The van der Waals surface area contributed by atoms with Gasteiger partial charge in [0.2, 0.25) is 0 Å². The Hall–Kier alpha value is -1.74. The molecule has 23 heavy (non-hydrogen) atoms. The summed E-state index contributed by atoms with van der Waals surface area (Å²) in [4.78, 5) is 21.4. The second kappa shape index (κ2) is 6.79. The van der Waals surface area contributed by atoms with Crippen LogP contribution in [0, 0.1) is 5.92 Å². The van der Waals surface area contributed by atoms with Crippen molar-refractivity contribution >= 4 is 11.9 Å². The van der Waals surface area contributed by atoms with E-state index in [2.05, 4.69) is 4.74 Å². The summed E-state index contributed by atoms with van der Waals surface area (Å²) in [6.07, 6.45) is -11.9. The number of alkyl halides is 6. The number of halogens is 6. The molecule has 1 aliphatic carbocycles. The van der Waals surface area contributed by atoms with Crippen molar-refractivity contribution in [2.45, 2.75) is 50.1 Å². The number of ether oxygens (including phenoxy) is 1. The van der Waals surface area contributed by atoms with Crippen molar-refractivity contribution in [2.24, 2.45) is 5.92 Å². The highest BCUT2D eigenvalue weighted by Crippen LogP contribution is 2.54. The van der Waals surface area contributed by atoms with Crippen LogP contribution in [0.4, 0.5) is 26.3 Å². The number of hydrogen-bond acceptors (Lipinski definition) is 4. The van der Waals surface area contributed by atoms with Crippen LogP contribution in [0.2, 0.25) is 0 Å². The molecule has 0 unspecified atom stereocenters. The fourth-order valence-electron chi connectivity index (χ4n) is 2.66. The summed E-state index contributed by atoms with van der Waals surface area (Å²) < 4.78 is 83.4. The van der Waals surface area contributed by atoms with Gasteiger partial charge >= 0.3 is 23.9 Å². The number of carboxylic acid groups (broad SMARTS) is 1. The lowest BCUT2D eigenvalue weighted by Crippen LogP contribution is -2.64. The van der Waals surface area contributed by atoms with E-state index < -0.39 is 48.7 Å². The second-order valence-corrected chi connectivity index (χ2v) is 5.14. The number of rotatable bonds is 4. The van der Waals surface area contributed by atoms with Crippen LogP contribution in [-0.2, 0) is 14.3 Å². The molecule has 0 atom stereocenters. The highest BCUT2D eigenvalue weighted by Gasteiger charge is 2.77. The zero-order valence-corrected chi connectivity index (χ0v) is 11.7. The zero-order chi connectivity index (χ0) is 17.9. The lowest BCUT2D eigenvalue weighted by atomic mass is 9.75. The SMILES string of the molecule is O=C([O-])C=CC(=O)OC(C1CCCCC1)(C(F)(F)F)C(F)(F)F. The minimum atomic E-state index is -5.89. The van der Waals surface area contributed by atoms with Crippen LogP contribution in [0.3, 0.4) is 0 Å². The van der Waals surface area contributed by atoms with Gasteiger partial charge in [-0.25, -0.2) is 4.79 Å². The Labute approximate surface area is 127 Å². The molecule has 0 aromatic carbocycles. The van der Waals surface area contributed by atoms with Gasteiger partial charge in [0, 0.05) is 12.0 Å². The Morgan fingerprint density at radius 2 is 1.39 bits per heavy atom. The Balaban J connectivity index is 3.27. The highest BCUT2D eigenvalue weighted by molar-refractivity contribution is 5.90. The first-order valence-corrected chi connectivity index (χ1v) is 6.67. The van der Waals surface area contributed by atoms with E-state index in [1.54, 1.807) is 0 Å². The smallest absolute Gasteiger partial charge is 0.437 e. The maximum absolute atomic E-state index is 13.3. The van der Waals surface area contributed by atoms with E-state index >= 15 is 0 Å². The van der Waals surface area contributed by atoms with Crippen LogP contribution in [0.25, 0.3) is 0 Å². The molecule has 0 bridgehead atoms. The Kier molecular flexibility index (Phi) is 5.70. The fourth-order valence-corrected chi connectivity index (χ4v) is 2.66. The molecular formula is C13H13F6O4-. The minimum absolute atomic E-state index is 0.000707. The van der Waals surface area contributed by atoms with Gasteiger partial charge in [0.05, 0.1) is 5.97 Å². The van der Waals surface area contributed by atoms with Crippen LogP contribution < -0.4 is 5.11 Å². The van der Waals surface area contributed by atoms with Crippen molar-refractivity contribution in [3.63, 3.8) is 0 Å². The molecule has 10 heteroatoms. The molecule has 0 amide bonds. The summed E-state index contributed by atoms with van der Waals surface area (Å²) in [5.41, 5.74) is -4.66. The van der Waals surface area contributed by atoms with Crippen molar-refractivity contribution < 1.29 is 45.8 Å². The first-order valence-electron chi connectivity index (χ1n) is 6.67. The first kappa shape index (κ1) is 19.3. The van der Waals surface area contributed by atoms with Crippen molar-refractivity contribution in [1.82, 2.24) is 0 Å². The summed E-state index contributed by atoms with van der Waals surface area (Å²) in [6, 6.07) is 0. The van der Waals surface area contributed by atoms with E-state index in [1.807, 2.05) is 0 Å². The predicted molar refractivity (Wildman–Crippen MR) is 61.7 cm³/mol. The van der Waals surface area contributed by atoms with Gasteiger partial charge in [-0.3, -0.25) is 0 Å². The van der Waals surface area contributed by atoms with Gasteiger partial charge in [0.25, 0.3) is 0 Å². The number of carboxylic acids is 1. The van der Waals surface area contributed by atoms with Gasteiger partial charge < -0.3 is 14.6 Å². The molecule has 1 rings (SSSR count). The van der Waals surface area contributed by atoms with E-state index in [1.165, 1.54) is 0 Å². The maximum Gasteiger partial charge on any atom is 0.437 e. The quantitative estimate of drug-likeness (QED) is 0.445. The van der Waals surface area contributed by atoms with Crippen molar-refractivity contribution in [2.75, 3.05) is 0 Å². The number of carbonyl (C=O) groups excluding carboxylic acids is 2. The van der Waals surface area contributed by atoms with E-state index in [0.29, 0.717) is 6.42 Å². The molecule has 1 fully saturated rings. The van der Waals surface area contributed by atoms with Gasteiger partial charge in [-0.05, 0) is 18.9 Å². The van der Waals surface area contributed by atoms with E-state index in [4.69, 9.17) is 0 Å². The van der Waals surface area contributed by atoms with Crippen molar-refractivity contribution in [1.29, 1.82) is 0 Å². The first-order chi connectivity index (χ1) is 10.4. The van der Waals surface area contributed by atoms with Crippen molar-refractivity contribution in [3.8, 4) is 0 Å². The molecule has 4 nitrogen and oxygen atoms in total. The molecule has 0 saturated heterocycles. The third-order valence-corrected chi connectivity index (χ3v) is 3.64. The lowest BCUT2D eigenvalue weighted by Gasteiger charge is -2.43. The predicted octanol–water partition coefficient (Wildman–Crippen LogP) is 2.28. The molecular weight excluding hydrogens is 334 g/mol. The fraction of sp³-hybridized carbons (Fsp3) is 0.692. The molecule has 0 aromatic heterocycles. The van der Waals surface area contributed by atoms with Crippen LogP contribution in [0.15, 0.2) is 12.2 Å². The lowest BCUT2D eigenvalue weighted by molar-refractivity contribution is -0.387. The van der Waals surface area contributed by atoms with Gasteiger partial charge in [-0.1, -0.05) is 19.3 Å². The second-order valence-electron chi connectivity index (χ2n) is 5.14. The number of hydrogen-bond donors (Lipinski definition) is 0. The maximum atomic E-state index is 13.3. The van der Waals surface area contributed by atoms with E-state index in [-0.39, 0.29) is 25.0 Å². The summed E-state index contributed by atoms with van der Waals surface area (Å²) in [7, 11) is 0. The number of aliphatic carboxylic acids is 1. The van der Waals surface area contributed by atoms with Crippen LogP contribution in [0.5, 0.6) is 0 Å². The molecule has 0 heterocycles. The van der Waals surface area contributed by atoms with Gasteiger partial charge in [-0.15, -0.1) is 0 Å². The van der Waals surface area contributed by atoms with Crippen LogP contribution >= 0.6 is 0 Å². The number of esters is 1. The molecule has 1 aliphatic rings. The van der Waals surface area contributed by atoms with E-state index in [9.17, 15) is 41.0 Å².